The minimum absolute atomic E-state index is 0. The zero-order valence-electron chi connectivity index (χ0n) is 9.49. The molecule has 1 heterocycles. The van der Waals surface area contributed by atoms with Crippen LogP contribution in [0.4, 0.5) is 5.82 Å². The maximum atomic E-state index is 11.3. The summed E-state index contributed by atoms with van der Waals surface area (Å²) < 4.78 is 23.9. The third-order valence-corrected chi connectivity index (χ3v) is 3.97. The van der Waals surface area contributed by atoms with Gasteiger partial charge in [-0.3, -0.25) is 0 Å². The van der Waals surface area contributed by atoms with Crippen LogP contribution in [-0.2, 0) is 16.4 Å². The van der Waals surface area contributed by atoms with Gasteiger partial charge in [0.15, 0.2) is 15.7 Å². The largest absolute Gasteiger partial charge is 0.358 e. The lowest BCUT2D eigenvalue weighted by Crippen LogP contribution is -2.16. The summed E-state index contributed by atoms with van der Waals surface area (Å²) in [5.41, 5.74) is 0. The smallest absolute Gasteiger partial charge is 0.342 e. The van der Waals surface area contributed by atoms with Gasteiger partial charge >= 0.3 is 5.82 Å². The Morgan fingerprint density at radius 2 is 2.12 bits per heavy atom. The second-order valence-electron chi connectivity index (χ2n) is 3.31. The average Bonchev–Trinajstić information content (AvgIpc) is 2.57. The molecule has 0 unspecified atom stereocenters. The quantitative estimate of drug-likeness (QED) is 0.592. The molecule has 0 radical (unpaired) electrons. The Balaban J connectivity index is 0.00000256. The Kier molecular flexibility index (Phi) is 5.56. The van der Waals surface area contributed by atoms with Crippen LogP contribution in [0.2, 0.25) is 0 Å². The molecule has 0 spiro atoms. The molecule has 1 rings (SSSR count). The fraction of sp³-hybridized carbons (Fsp3) is 0.625. The standard InChI is InChI=1S/C8H13N3O4S.ClH/c1-3-16(14,15)5-4-10-7(2)9-6-8(10)11(12)13;/h6H,3-5H2,1-2H3;1H. The molecule has 0 fully saturated rings. The summed E-state index contributed by atoms with van der Waals surface area (Å²) in [6.45, 7) is 3.22. The minimum Gasteiger partial charge on any atom is -0.358 e. The van der Waals surface area contributed by atoms with Crippen LogP contribution in [0, 0.1) is 17.0 Å². The van der Waals surface area contributed by atoms with Crippen molar-refractivity contribution in [1.82, 2.24) is 9.55 Å². The van der Waals surface area contributed by atoms with Gasteiger partial charge < -0.3 is 10.1 Å². The molecule has 0 atom stereocenters. The molecule has 0 amide bonds. The van der Waals surface area contributed by atoms with E-state index in [1.54, 1.807) is 13.8 Å². The van der Waals surface area contributed by atoms with Crippen molar-refractivity contribution in [2.45, 2.75) is 20.4 Å². The molecule has 1 aromatic heterocycles. The van der Waals surface area contributed by atoms with Crippen LogP contribution >= 0.6 is 12.4 Å². The number of hydrogen-bond donors (Lipinski definition) is 0. The van der Waals surface area contributed by atoms with E-state index >= 15 is 0 Å². The molecular weight excluding hydrogens is 270 g/mol. The van der Waals surface area contributed by atoms with E-state index in [0.29, 0.717) is 5.82 Å². The monoisotopic (exact) mass is 283 g/mol. The lowest BCUT2D eigenvalue weighted by Gasteiger charge is -2.02. The Labute approximate surface area is 105 Å². The van der Waals surface area contributed by atoms with Gasteiger partial charge in [-0.25, -0.2) is 18.0 Å². The first-order valence-electron chi connectivity index (χ1n) is 4.74. The summed E-state index contributed by atoms with van der Waals surface area (Å²) in [6, 6.07) is 0. The van der Waals surface area contributed by atoms with Crippen molar-refractivity contribution in [3.05, 3.63) is 22.1 Å². The van der Waals surface area contributed by atoms with Crippen molar-refractivity contribution < 1.29 is 13.3 Å². The number of nitrogens with zero attached hydrogens (tertiary/aromatic N) is 3. The van der Waals surface area contributed by atoms with Crippen molar-refractivity contribution in [2.75, 3.05) is 11.5 Å². The van der Waals surface area contributed by atoms with Crippen molar-refractivity contribution in [2.24, 2.45) is 0 Å². The van der Waals surface area contributed by atoms with Crippen molar-refractivity contribution >= 4 is 28.1 Å². The highest BCUT2D eigenvalue weighted by Gasteiger charge is 2.19. The Hall–Kier alpha value is -1.15. The van der Waals surface area contributed by atoms with Gasteiger partial charge in [-0.2, -0.15) is 0 Å². The lowest BCUT2D eigenvalue weighted by molar-refractivity contribution is -0.392. The predicted molar refractivity (Wildman–Crippen MR) is 65.2 cm³/mol. The molecular formula is C8H14ClN3O4S. The maximum absolute atomic E-state index is 11.3. The number of nitro groups is 1. The number of aromatic nitrogens is 2. The molecule has 9 heteroatoms. The third kappa shape index (κ3) is 3.97. The molecule has 0 aliphatic carbocycles. The molecule has 0 N–H and O–H groups in total. The molecule has 0 bridgehead atoms. The molecule has 0 aliphatic rings. The molecule has 7 nitrogen and oxygen atoms in total. The average molecular weight is 284 g/mol. The highest BCUT2D eigenvalue weighted by atomic mass is 35.5. The van der Waals surface area contributed by atoms with E-state index < -0.39 is 14.8 Å². The topological polar surface area (TPSA) is 95.1 Å². The second kappa shape index (κ2) is 5.97. The van der Waals surface area contributed by atoms with Gasteiger partial charge in [0, 0.05) is 12.7 Å². The molecule has 98 valence electrons. The van der Waals surface area contributed by atoms with Crippen LogP contribution in [0.5, 0.6) is 0 Å². The SMILES string of the molecule is CCS(=O)(=O)CCn1c([N+](=O)[O-])cnc1C.Cl. The maximum Gasteiger partial charge on any atom is 0.342 e. The summed E-state index contributed by atoms with van der Waals surface area (Å²) in [4.78, 5) is 13.8. The van der Waals surface area contributed by atoms with Gasteiger partial charge in [0.1, 0.15) is 12.7 Å². The van der Waals surface area contributed by atoms with E-state index in [0.717, 1.165) is 6.20 Å². The van der Waals surface area contributed by atoms with Crippen LogP contribution in [0.3, 0.4) is 0 Å². The van der Waals surface area contributed by atoms with Crippen molar-refractivity contribution in [1.29, 1.82) is 0 Å². The highest BCUT2D eigenvalue weighted by molar-refractivity contribution is 7.91. The van der Waals surface area contributed by atoms with E-state index in [2.05, 4.69) is 4.98 Å². The normalized spacial score (nSPS) is 10.9. The van der Waals surface area contributed by atoms with Crippen LogP contribution in [0.15, 0.2) is 6.20 Å². The second-order valence-corrected chi connectivity index (χ2v) is 5.78. The summed E-state index contributed by atoms with van der Waals surface area (Å²) >= 11 is 0. The summed E-state index contributed by atoms with van der Waals surface area (Å²) in [7, 11) is -3.13. The number of imidazole rings is 1. The lowest BCUT2D eigenvalue weighted by atomic mass is 10.6. The van der Waals surface area contributed by atoms with Gasteiger partial charge in [-0.1, -0.05) is 6.92 Å². The minimum atomic E-state index is -3.13. The summed E-state index contributed by atoms with van der Waals surface area (Å²) in [6.07, 6.45) is 1.13. The molecule has 0 saturated heterocycles. The van der Waals surface area contributed by atoms with E-state index in [9.17, 15) is 18.5 Å². The van der Waals surface area contributed by atoms with E-state index in [4.69, 9.17) is 0 Å². The first kappa shape index (κ1) is 15.9. The number of halogens is 1. The third-order valence-electron chi connectivity index (χ3n) is 2.29. The number of sulfone groups is 1. The first-order chi connectivity index (χ1) is 7.37. The van der Waals surface area contributed by atoms with Crippen LogP contribution in [-0.4, -0.2) is 34.4 Å². The van der Waals surface area contributed by atoms with Crippen molar-refractivity contribution in [3.8, 4) is 0 Å². The van der Waals surface area contributed by atoms with Gasteiger partial charge in [-0.15, -0.1) is 12.4 Å². The van der Waals surface area contributed by atoms with Crippen molar-refractivity contribution in [3.63, 3.8) is 0 Å². The molecule has 0 saturated carbocycles. The number of hydrogen-bond acceptors (Lipinski definition) is 5. The zero-order valence-corrected chi connectivity index (χ0v) is 11.1. The fourth-order valence-corrected chi connectivity index (χ4v) is 2.00. The van der Waals surface area contributed by atoms with E-state index in [1.165, 1.54) is 4.57 Å². The first-order valence-corrected chi connectivity index (χ1v) is 6.56. The van der Waals surface area contributed by atoms with E-state index in [-0.39, 0.29) is 36.3 Å². The summed E-state index contributed by atoms with van der Waals surface area (Å²) in [5, 5.41) is 10.6. The fourth-order valence-electron chi connectivity index (χ4n) is 1.25. The predicted octanol–water partition coefficient (Wildman–Crippen LogP) is 0.956. The van der Waals surface area contributed by atoms with Crippen LogP contribution < -0.4 is 0 Å². The van der Waals surface area contributed by atoms with Crippen LogP contribution in [0.1, 0.15) is 12.7 Å². The van der Waals surface area contributed by atoms with E-state index in [1.807, 2.05) is 0 Å². The number of aryl methyl sites for hydroxylation is 1. The Bertz CT molecular complexity index is 497. The molecule has 17 heavy (non-hydrogen) atoms. The number of rotatable bonds is 5. The van der Waals surface area contributed by atoms with Gasteiger partial charge in [-0.05, 0) is 4.92 Å². The molecule has 0 aliphatic heterocycles. The Morgan fingerprint density at radius 1 is 1.53 bits per heavy atom. The zero-order chi connectivity index (χ0) is 12.3. The van der Waals surface area contributed by atoms with Gasteiger partial charge in [0.25, 0.3) is 0 Å². The van der Waals surface area contributed by atoms with Gasteiger partial charge in [0.05, 0.1) is 5.75 Å². The van der Waals surface area contributed by atoms with Gasteiger partial charge in [0.2, 0.25) is 0 Å². The van der Waals surface area contributed by atoms with Crippen LogP contribution in [0.25, 0.3) is 0 Å². The molecule has 1 aromatic rings. The highest BCUT2D eigenvalue weighted by Crippen LogP contribution is 2.13. The molecule has 0 aromatic carbocycles. The summed E-state index contributed by atoms with van der Waals surface area (Å²) in [5.74, 6) is 0.192. The Morgan fingerprint density at radius 3 is 2.59 bits per heavy atom.